The van der Waals surface area contributed by atoms with Crippen molar-refractivity contribution in [3.8, 4) is 0 Å². The van der Waals surface area contributed by atoms with Crippen molar-refractivity contribution in [2.24, 2.45) is 4.99 Å². The van der Waals surface area contributed by atoms with Crippen molar-refractivity contribution in [2.75, 3.05) is 52.4 Å². The Bertz CT molecular complexity index is 575. The number of hydrogen-bond acceptors (Lipinski definition) is 3. The van der Waals surface area contributed by atoms with Crippen LogP contribution in [0, 0.1) is 0 Å². The van der Waals surface area contributed by atoms with Crippen LogP contribution in [0.3, 0.4) is 0 Å². The molecule has 0 radical (unpaired) electrons. The van der Waals surface area contributed by atoms with Gasteiger partial charge in [-0.05, 0) is 18.9 Å². The van der Waals surface area contributed by atoms with Gasteiger partial charge in [0.25, 0.3) is 0 Å². The Morgan fingerprint density at radius 1 is 1.03 bits per heavy atom. The van der Waals surface area contributed by atoms with E-state index in [9.17, 15) is 13.2 Å². The third-order valence-corrected chi connectivity index (χ3v) is 4.66. The molecule has 1 aromatic rings. The maximum absolute atomic E-state index is 12.2. The Balaban J connectivity index is 0.00000420. The van der Waals surface area contributed by atoms with Crippen LogP contribution in [0.1, 0.15) is 25.3 Å². The number of halogens is 4. The standard InChI is InChI=1S/C20H32F3N5.HI/c1-2-24-19(26-11-9-20(21,22)23)25-10-6-12-27-13-15-28(16-14-27)17-18-7-4-3-5-8-18;/h3-5,7-8H,2,6,9-17H2,1H3,(H2,24,25,26);1H. The molecule has 1 heterocycles. The lowest BCUT2D eigenvalue weighted by Gasteiger charge is -2.34. The summed E-state index contributed by atoms with van der Waals surface area (Å²) in [6.45, 7) is 9.13. The fourth-order valence-corrected chi connectivity index (χ4v) is 3.16. The molecule has 1 aliphatic rings. The molecule has 0 saturated carbocycles. The molecule has 1 saturated heterocycles. The first kappa shape index (κ1) is 26.0. The zero-order chi connectivity index (χ0) is 20.2. The van der Waals surface area contributed by atoms with E-state index in [1.54, 1.807) is 0 Å². The Morgan fingerprint density at radius 3 is 2.31 bits per heavy atom. The topological polar surface area (TPSA) is 42.9 Å². The molecule has 166 valence electrons. The van der Waals surface area contributed by atoms with Gasteiger partial charge in [0.15, 0.2) is 5.96 Å². The summed E-state index contributed by atoms with van der Waals surface area (Å²) in [5.74, 6) is 0.458. The van der Waals surface area contributed by atoms with Crippen LogP contribution in [-0.4, -0.2) is 74.3 Å². The first-order chi connectivity index (χ1) is 13.5. The van der Waals surface area contributed by atoms with Crippen molar-refractivity contribution >= 4 is 29.9 Å². The predicted octanol–water partition coefficient (Wildman–Crippen LogP) is 3.32. The molecule has 2 N–H and O–H groups in total. The van der Waals surface area contributed by atoms with Crippen molar-refractivity contribution in [1.82, 2.24) is 20.4 Å². The highest BCUT2D eigenvalue weighted by Gasteiger charge is 2.26. The third-order valence-electron chi connectivity index (χ3n) is 4.66. The molecule has 1 aromatic carbocycles. The fourth-order valence-electron chi connectivity index (χ4n) is 3.16. The first-order valence-corrected chi connectivity index (χ1v) is 10.0. The van der Waals surface area contributed by atoms with Crippen molar-refractivity contribution in [3.63, 3.8) is 0 Å². The second-order valence-electron chi connectivity index (χ2n) is 7.01. The largest absolute Gasteiger partial charge is 0.390 e. The average molecular weight is 527 g/mol. The van der Waals surface area contributed by atoms with Gasteiger partial charge in [-0.1, -0.05) is 30.3 Å². The summed E-state index contributed by atoms with van der Waals surface area (Å²) in [7, 11) is 0. The summed E-state index contributed by atoms with van der Waals surface area (Å²) >= 11 is 0. The van der Waals surface area contributed by atoms with Crippen LogP contribution < -0.4 is 10.6 Å². The smallest absolute Gasteiger partial charge is 0.357 e. The highest BCUT2D eigenvalue weighted by Crippen LogP contribution is 2.18. The molecule has 0 amide bonds. The van der Waals surface area contributed by atoms with Crippen LogP contribution in [0.15, 0.2) is 35.3 Å². The number of aliphatic imine (C=N–C) groups is 1. The maximum atomic E-state index is 12.2. The van der Waals surface area contributed by atoms with Crippen molar-refractivity contribution < 1.29 is 13.2 Å². The van der Waals surface area contributed by atoms with E-state index < -0.39 is 12.6 Å². The van der Waals surface area contributed by atoms with Crippen LogP contribution >= 0.6 is 24.0 Å². The molecule has 29 heavy (non-hydrogen) atoms. The van der Waals surface area contributed by atoms with Crippen LogP contribution in [0.2, 0.25) is 0 Å². The van der Waals surface area contributed by atoms with Gasteiger partial charge in [-0.3, -0.25) is 9.89 Å². The van der Waals surface area contributed by atoms with Gasteiger partial charge in [0, 0.05) is 58.9 Å². The minimum absolute atomic E-state index is 0. The molecule has 0 bridgehead atoms. The Hall–Kier alpha value is -1.07. The van der Waals surface area contributed by atoms with Gasteiger partial charge < -0.3 is 15.5 Å². The number of nitrogens with zero attached hydrogens (tertiary/aromatic N) is 3. The number of piperazine rings is 1. The van der Waals surface area contributed by atoms with E-state index in [0.29, 0.717) is 19.0 Å². The minimum atomic E-state index is -4.15. The van der Waals surface area contributed by atoms with Gasteiger partial charge in [0.05, 0.1) is 6.42 Å². The summed E-state index contributed by atoms with van der Waals surface area (Å²) in [5.41, 5.74) is 1.35. The SMILES string of the molecule is CCNC(=NCCCN1CCN(Cc2ccccc2)CC1)NCCC(F)(F)F.I. The molecule has 1 aliphatic heterocycles. The van der Waals surface area contributed by atoms with Gasteiger partial charge >= 0.3 is 6.18 Å². The molecule has 0 aromatic heterocycles. The maximum Gasteiger partial charge on any atom is 0.390 e. The molecule has 9 heteroatoms. The van der Waals surface area contributed by atoms with E-state index in [2.05, 4.69) is 49.7 Å². The predicted molar refractivity (Wildman–Crippen MR) is 123 cm³/mol. The zero-order valence-corrected chi connectivity index (χ0v) is 19.4. The second-order valence-corrected chi connectivity index (χ2v) is 7.01. The van der Waals surface area contributed by atoms with Crippen LogP contribution in [0.4, 0.5) is 13.2 Å². The minimum Gasteiger partial charge on any atom is -0.357 e. The molecular weight excluding hydrogens is 494 g/mol. The Morgan fingerprint density at radius 2 is 1.69 bits per heavy atom. The number of rotatable bonds is 9. The van der Waals surface area contributed by atoms with E-state index in [0.717, 1.165) is 45.7 Å². The highest BCUT2D eigenvalue weighted by atomic mass is 127. The van der Waals surface area contributed by atoms with Crippen molar-refractivity contribution in [1.29, 1.82) is 0 Å². The fraction of sp³-hybridized carbons (Fsp3) is 0.650. The van der Waals surface area contributed by atoms with Gasteiger partial charge in [0.2, 0.25) is 0 Å². The molecule has 5 nitrogen and oxygen atoms in total. The summed E-state index contributed by atoms with van der Waals surface area (Å²) < 4.78 is 36.7. The molecular formula is C20H33F3IN5. The normalized spacial score (nSPS) is 16.3. The number of benzene rings is 1. The van der Waals surface area contributed by atoms with Crippen LogP contribution in [0.5, 0.6) is 0 Å². The number of alkyl halides is 3. The van der Waals surface area contributed by atoms with Crippen molar-refractivity contribution in [3.05, 3.63) is 35.9 Å². The van der Waals surface area contributed by atoms with Crippen LogP contribution in [0.25, 0.3) is 0 Å². The first-order valence-electron chi connectivity index (χ1n) is 10.0. The lowest BCUT2D eigenvalue weighted by molar-refractivity contribution is -0.132. The summed E-state index contributed by atoms with van der Waals surface area (Å²) in [6, 6.07) is 10.5. The number of guanidine groups is 1. The van der Waals surface area contributed by atoms with E-state index in [4.69, 9.17) is 0 Å². The quantitative estimate of drug-likeness (QED) is 0.224. The molecule has 0 aliphatic carbocycles. The van der Waals surface area contributed by atoms with Gasteiger partial charge in [-0.25, -0.2) is 0 Å². The van der Waals surface area contributed by atoms with Gasteiger partial charge in [0.1, 0.15) is 0 Å². The number of hydrogen-bond donors (Lipinski definition) is 2. The average Bonchev–Trinajstić information content (AvgIpc) is 2.66. The lowest BCUT2D eigenvalue weighted by Crippen LogP contribution is -2.46. The van der Waals surface area contributed by atoms with Crippen molar-refractivity contribution in [2.45, 2.75) is 32.5 Å². The molecule has 0 atom stereocenters. The molecule has 0 unspecified atom stereocenters. The van der Waals surface area contributed by atoms with Gasteiger partial charge in [-0.15, -0.1) is 24.0 Å². The Kier molecular flexibility index (Phi) is 12.6. The van der Waals surface area contributed by atoms with E-state index in [1.807, 2.05) is 13.0 Å². The van der Waals surface area contributed by atoms with Gasteiger partial charge in [-0.2, -0.15) is 13.2 Å². The zero-order valence-electron chi connectivity index (χ0n) is 17.0. The molecule has 0 spiro atoms. The lowest BCUT2D eigenvalue weighted by atomic mass is 10.2. The summed E-state index contributed by atoms with van der Waals surface area (Å²) in [4.78, 5) is 9.28. The highest BCUT2D eigenvalue weighted by molar-refractivity contribution is 14.0. The van der Waals surface area contributed by atoms with E-state index in [1.165, 1.54) is 5.56 Å². The molecule has 2 rings (SSSR count). The summed E-state index contributed by atoms with van der Waals surface area (Å²) in [5, 5.41) is 5.73. The van der Waals surface area contributed by atoms with E-state index in [-0.39, 0.29) is 30.5 Å². The molecule has 1 fully saturated rings. The van der Waals surface area contributed by atoms with E-state index >= 15 is 0 Å². The summed E-state index contributed by atoms with van der Waals surface area (Å²) in [6.07, 6.45) is -4.10. The third kappa shape index (κ3) is 11.6. The number of nitrogens with one attached hydrogen (secondary N) is 2. The second kappa shape index (κ2) is 14.0. The van der Waals surface area contributed by atoms with Crippen LogP contribution in [-0.2, 0) is 6.54 Å². The Labute approximate surface area is 189 Å². The monoisotopic (exact) mass is 527 g/mol.